The molecule has 0 unspecified atom stereocenters. The molecule has 0 bridgehead atoms. The van der Waals surface area contributed by atoms with Crippen LogP contribution in [0.3, 0.4) is 0 Å². The fraction of sp³-hybridized carbons (Fsp3) is 0.0870. The molecule has 0 spiro atoms. The quantitative estimate of drug-likeness (QED) is 0.482. The Morgan fingerprint density at radius 2 is 1.64 bits per heavy atom. The highest BCUT2D eigenvalue weighted by atomic mass is 16.5. The number of ether oxygens (including phenoxy) is 1. The highest BCUT2D eigenvalue weighted by molar-refractivity contribution is 5.83. The molecule has 2 nitrogen and oxygen atoms in total. The van der Waals surface area contributed by atoms with E-state index in [0.717, 1.165) is 28.1 Å². The highest BCUT2D eigenvalue weighted by Crippen LogP contribution is 2.24. The number of aryl methyl sites for hydroxylation is 1. The van der Waals surface area contributed by atoms with Gasteiger partial charge in [0, 0.05) is 11.8 Å². The van der Waals surface area contributed by atoms with E-state index in [4.69, 9.17) is 4.74 Å². The first-order valence-corrected chi connectivity index (χ1v) is 8.10. The number of hydrogen-bond acceptors (Lipinski definition) is 2. The van der Waals surface area contributed by atoms with Crippen LogP contribution in [0.4, 0.5) is 5.69 Å². The second-order valence-electron chi connectivity index (χ2n) is 5.67. The fourth-order valence-corrected chi connectivity index (χ4v) is 2.31. The molecule has 0 atom stereocenters. The van der Waals surface area contributed by atoms with Gasteiger partial charge in [0.25, 0.3) is 0 Å². The molecule has 0 aliphatic heterocycles. The molecule has 0 saturated heterocycles. The molecule has 0 aromatic heterocycles. The summed E-state index contributed by atoms with van der Waals surface area (Å²) in [5.74, 6) is 7.15. The molecule has 0 fully saturated rings. The number of aliphatic imine (C=N–C) groups is 1. The molecule has 0 N–H and O–H groups in total. The topological polar surface area (TPSA) is 21.6 Å². The zero-order chi connectivity index (χ0) is 17.5. The van der Waals surface area contributed by atoms with Crippen molar-refractivity contribution in [1.29, 1.82) is 0 Å². The van der Waals surface area contributed by atoms with E-state index in [1.807, 2.05) is 54.7 Å². The summed E-state index contributed by atoms with van der Waals surface area (Å²) in [5.41, 5.74) is 4.93. The van der Waals surface area contributed by atoms with Crippen molar-refractivity contribution in [2.45, 2.75) is 6.92 Å². The van der Waals surface area contributed by atoms with E-state index in [-0.39, 0.29) is 0 Å². The molecule has 0 aliphatic carbocycles. The van der Waals surface area contributed by atoms with Crippen LogP contribution in [0.1, 0.15) is 22.3 Å². The van der Waals surface area contributed by atoms with Crippen LogP contribution in [0.2, 0.25) is 0 Å². The Hall–Kier alpha value is -3.31. The molecule has 122 valence electrons. The van der Waals surface area contributed by atoms with Crippen LogP contribution in [0, 0.1) is 18.8 Å². The first-order valence-electron chi connectivity index (χ1n) is 8.10. The van der Waals surface area contributed by atoms with E-state index in [1.165, 1.54) is 5.56 Å². The summed E-state index contributed by atoms with van der Waals surface area (Å²) in [4.78, 5) is 4.61. The van der Waals surface area contributed by atoms with Crippen LogP contribution in [-0.2, 0) is 0 Å². The van der Waals surface area contributed by atoms with Gasteiger partial charge in [-0.05, 0) is 42.8 Å². The van der Waals surface area contributed by atoms with Crippen LogP contribution < -0.4 is 4.74 Å². The molecule has 0 aliphatic rings. The lowest BCUT2D eigenvalue weighted by molar-refractivity contribution is 0.414. The van der Waals surface area contributed by atoms with E-state index >= 15 is 0 Å². The monoisotopic (exact) mass is 325 g/mol. The Morgan fingerprint density at radius 3 is 2.36 bits per heavy atom. The second-order valence-corrected chi connectivity index (χ2v) is 5.67. The molecule has 0 radical (unpaired) electrons. The molecule has 0 amide bonds. The number of methoxy groups -OCH3 is 1. The van der Waals surface area contributed by atoms with Crippen molar-refractivity contribution >= 4 is 11.9 Å². The molecular formula is C23H19NO. The third kappa shape index (κ3) is 4.59. The Balaban J connectivity index is 1.93. The standard InChI is InChI=1S/C23H19NO/c1-18-8-10-20(11-9-18)17-24-23-15-14-22(25-2)16-21(23)13-12-19-6-4-3-5-7-19/h3-11,14-17H,1-2H3. The normalized spacial score (nSPS) is 10.3. The SMILES string of the molecule is COc1ccc(N=Cc2ccc(C)cc2)c(C#Cc2ccccc2)c1. The molecule has 3 aromatic rings. The van der Waals surface area contributed by atoms with Crippen molar-refractivity contribution in [3.8, 4) is 17.6 Å². The maximum Gasteiger partial charge on any atom is 0.120 e. The molecule has 0 heterocycles. The minimum atomic E-state index is 0.770. The van der Waals surface area contributed by atoms with Gasteiger partial charge in [-0.2, -0.15) is 0 Å². The zero-order valence-electron chi connectivity index (χ0n) is 14.4. The van der Waals surface area contributed by atoms with E-state index < -0.39 is 0 Å². The number of benzene rings is 3. The number of nitrogens with zero attached hydrogens (tertiary/aromatic N) is 1. The lowest BCUT2D eigenvalue weighted by Gasteiger charge is -2.03. The second kappa shape index (κ2) is 7.99. The smallest absolute Gasteiger partial charge is 0.120 e. The molecule has 2 heteroatoms. The van der Waals surface area contributed by atoms with Crippen molar-refractivity contribution in [3.63, 3.8) is 0 Å². The van der Waals surface area contributed by atoms with E-state index in [2.05, 4.69) is 48.0 Å². The van der Waals surface area contributed by atoms with Crippen molar-refractivity contribution in [3.05, 3.63) is 95.1 Å². The maximum atomic E-state index is 5.32. The minimum absolute atomic E-state index is 0.770. The lowest BCUT2D eigenvalue weighted by Crippen LogP contribution is -1.86. The van der Waals surface area contributed by atoms with Gasteiger partial charge in [-0.3, -0.25) is 4.99 Å². The van der Waals surface area contributed by atoms with E-state index in [1.54, 1.807) is 7.11 Å². The maximum absolute atomic E-state index is 5.32. The highest BCUT2D eigenvalue weighted by Gasteiger charge is 2.01. The van der Waals surface area contributed by atoms with Gasteiger partial charge < -0.3 is 4.74 Å². The Bertz CT molecular complexity index is 929. The van der Waals surface area contributed by atoms with Crippen LogP contribution in [-0.4, -0.2) is 13.3 Å². The third-order valence-electron chi connectivity index (χ3n) is 3.75. The van der Waals surface area contributed by atoms with Crippen LogP contribution >= 0.6 is 0 Å². The van der Waals surface area contributed by atoms with Gasteiger partial charge in [0.1, 0.15) is 5.75 Å². The van der Waals surface area contributed by atoms with Gasteiger partial charge in [-0.15, -0.1) is 0 Å². The van der Waals surface area contributed by atoms with Gasteiger partial charge >= 0.3 is 0 Å². The van der Waals surface area contributed by atoms with Gasteiger partial charge in [0.05, 0.1) is 18.4 Å². The van der Waals surface area contributed by atoms with Crippen LogP contribution in [0.15, 0.2) is 77.8 Å². The van der Waals surface area contributed by atoms with E-state index in [9.17, 15) is 0 Å². The van der Waals surface area contributed by atoms with Gasteiger partial charge in [0.15, 0.2) is 0 Å². The van der Waals surface area contributed by atoms with Crippen molar-refractivity contribution in [2.24, 2.45) is 4.99 Å². The van der Waals surface area contributed by atoms with Crippen LogP contribution in [0.5, 0.6) is 5.75 Å². The number of hydrogen-bond donors (Lipinski definition) is 0. The Kier molecular flexibility index (Phi) is 5.29. The molecule has 25 heavy (non-hydrogen) atoms. The summed E-state index contributed by atoms with van der Waals surface area (Å²) < 4.78 is 5.32. The Morgan fingerprint density at radius 1 is 0.880 bits per heavy atom. The van der Waals surface area contributed by atoms with Gasteiger partial charge in [-0.1, -0.05) is 59.9 Å². The van der Waals surface area contributed by atoms with Crippen molar-refractivity contribution < 1.29 is 4.74 Å². The summed E-state index contributed by atoms with van der Waals surface area (Å²) in [7, 11) is 1.65. The summed E-state index contributed by atoms with van der Waals surface area (Å²) in [6.07, 6.45) is 1.86. The van der Waals surface area contributed by atoms with Gasteiger partial charge in [0.2, 0.25) is 0 Å². The Labute approximate surface area is 148 Å². The van der Waals surface area contributed by atoms with E-state index in [0.29, 0.717) is 0 Å². The largest absolute Gasteiger partial charge is 0.497 e. The van der Waals surface area contributed by atoms with Gasteiger partial charge in [-0.25, -0.2) is 0 Å². The average Bonchev–Trinajstić information content (AvgIpc) is 2.67. The summed E-state index contributed by atoms with van der Waals surface area (Å²) in [5, 5.41) is 0. The first kappa shape index (κ1) is 16.5. The summed E-state index contributed by atoms with van der Waals surface area (Å²) in [6, 6.07) is 23.9. The van der Waals surface area contributed by atoms with Crippen LogP contribution in [0.25, 0.3) is 0 Å². The molecule has 3 aromatic carbocycles. The third-order valence-corrected chi connectivity index (χ3v) is 3.75. The summed E-state index contributed by atoms with van der Waals surface area (Å²) >= 11 is 0. The molecule has 3 rings (SSSR count). The summed E-state index contributed by atoms with van der Waals surface area (Å²) in [6.45, 7) is 2.07. The minimum Gasteiger partial charge on any atom is -0.497 e. The lowest BCUT2D eigenvalue weighted by atomic mass is 10.1. The average molecular weight is 325 g/mol. The molecule has 0 saturated carbocycles. The first-order chi connectivity index (χ1) is 12.2. The van der Waals surface area contributed by atoms with Crippen molar-refractivity contribution in [2.75, 3.05) is 7.11 Å². The number of rotatable bonds is 3. The predicted octanol–water partition coefficient (Wildman–Crippen LogP) is 5.15. The zero-order valence-corrected chi connectivity index (χ0v) is 14.4. The fourth-order valence-electron chi connectivity index (χ4n) is 2.31. The predicted molar refractivity (Wildman–Crippen MR) is 104 cm³/mol. The van der Waals surface area contributed by atoms with Crippen molar-refractivity contribution in [1.82, 2.24) is 0 Å². The molecular weight excluding hydrogens is 306 g/mol.